The first kappa shape index (κ1) is 5.60. The van der Waals surface area contributed by atoms with Crippen LogP contribution in [0.4, 0.5) is 0 Å². The number of hydrogen-bond acceptors (Lipinski definition) is 2. The summed E-state index contributed by atoms with van der Waals surface area (Å²) in [6.45, 7) is 4.14. The number of nitrogens with zero attached hydrogens (tertiary/aromatic N) is 1. The first-order chi connectivity index (χ1) is 3.89. The summed E-state index contributed by atoms with van der Waals surface area (Å²) in [5, 5.41) is 3.19. The van der Waals surface area contributed by atoms with Gasteiger partial charge in [0.05, 0.1) is 5.84 Å². The molecule has 1 aliphatic heterocycles. The van der Waals surface area contributed by atoms with Crippen LogP contribution in [-0.4, -0.2) is 18.9 Å². The molecule has 0 amide bonds. The second-order valence-electron chi connectivity index (χ2n) is 2.10. The first-order valence-corrected chi connectivity index (χ1v) is 3.14. The molecule has 0 bridgehead atoms. The van der Waals surface area contributed by atoms with E-state index >= 15 is 0 Å². The first-order valence-electron chi connectivity index (χ1n) is 3.14. The molecule has 1 N–H and O–H groups in total. The van der Waals surface area contributed by atoms with Gasteiger partial charge in [0.1, 0.15) is 0 Å². The highest BCUT2D eigenvalue weighted by Crippen LogP contribution is 1.92. The molecule has 0 unspecified atom stereocenters. The molecule has 0 fully saturated rings. The summed E-state index contributed by atoms with van der Waals surface area (Å²) in [6, 6.07) is 0. The summed E-state index contributed by atoms with van der Waals surface area (Å²) in [5.74, 6) is 1.10. The van der Waals surface area contributed by atoms with Gasteiger partial charge < -0.3 is 5.32 Å². The fourth-order valence-electron chi connectivity index (χ4n) is 0.809. The molecule has 0 aromatic heterocycles. The van der Waals surface area contributed by atoms with Crippen molar-refractivity contribution in [2.75, 3.05) is 13.1 Å². The number of aliphatic imine (C=N–C) groups is 1. The third-order valence-corrected chi connectivity index (χ3v) is 1.31. The highest BCUT2D eigenvalue weighted by Gasteiger charge is 1.94. The van der Waals surface area contributed by atoms with E-state index in [0.29, 0.717) is 0 Å². The minimum atomic E-state index is 1.01. The van der Waals surface area contributed by atoms with Gasteiger partial charge in [0.25, 0.3) is 0 Å². The second kappa shape index (κ2) is 2.70. The largest absolute Gasteiger partial charge is 0.374 e. The van der Waals surface area contributed by atoms with Gasteiger partial charge in [-0.25, -0.2) is 0 Å². The smallest absolute Gasteiger partial charge is 0.0931 e. The van der Waals surface area contributed by atoms with Crippen molar-refractivity contribution < 1.29 is 0 Å². The average Bonchev–Trinajstić information content (AvgIpc) is 1.94. The molecular weight excluding hydrogens is 100 g/mol. The minimum absolute atomic E-state index is 1.01. The van der Waals surface area contributed by atoms with Crippen LogP contribution in [0.3, 0.4) is 0 Å². The Morgan fingerprint density at radius 2 is 2.38 bits per heavy atom. The van der Waals surface area contributed by atoms with Crippen LogP contribution >= 0.6 is 0 Å². The maximum atomic E-state index is 4.23. The van der Waals surface area contributed by atoms with Crippen molar-refractivity contribution in [3.05, 3.63) is 0 Å². The lowest BCUT2D eigenvalue weighted by Crippen LogP contribution is -2.19. The van der Waals surface area contributed by atoms with E-state index in [1.54, 1.807) is 0 Å². The molecule has 0 aliphatic carbocycles. The van der Waals surface area contributed by atoms with E-state index in [0.717, 1.165) is 18.9 Å². The summed E-state index contributed by atoms with van der Waals surface area (Å²) >= 11 is 0. The lowest BCUT2D eigenvalue weighted by molar-refractivity contribution is 0.749. The van der Waals surface area contributed by atoms with Crippen molar-refractivity contribution in [3.63, 3.8) is 0 Å². The summed E-state index contributed by atoms with van der Waals surface area (Å²) in [5.41, 5.74) is 0. The van der Waals surface area contributed by atoms with Crippen LogP contribution in [-0.2, 0) is 0 Å². The van der Waals surface area contributed by atoms with Crippen molar-refractivity contribution in [1.29, 1.82) is 0 Å². The third-order valence-electron chi connectivity index (χ3n) is 1.31. The van der Waals surface area contributed by atoms with Gasteiger partial charge in [-0.3, -0.25) is 4.99 Å². The van der Waals surface area contributed by atoms with Gasteiger partial charge in [-0.15, -0.1) is 0 Å². The highest BCUT2D eigenvalue weighted by atomic mass is 15.0. The zero-order valence-corrected chi connectivity index (χ0v) is 5.28. The molecule has 0 saturated heterocycles. The topological polar surface area (TPSA) is 24.4 Å². The zero-order valence-electron chi connectivity index (χ0n) is 5.28. The van der Waals surface area contributed by atoms with Gasteiger partial charge in [-0.2, -0.15) is 0 Å². The molecule has 0 radical (unpaired) electrons. The van der Waals surface area contributed by atoms with Crippen LogP contribution in [0.5, 0.6) is 0 Å². The Morgan fingerprint density at radius 1 is 1.50 bits per heavy atom. The fourth-order valence-corrected chi connectivity index (χ4v) is 0.809. The van der Waals surface area contributed by atoms with E-state index in [1.165, 1.54) is 12.8 Å². The minimum Gasteiger partial charge on any atom is -0.374 e. The van der Waals surface area contributed by atoms with E-state index < -0.39 is 0 Å². The Hall–Kier alpha value is -0.530. The lowest BCUT2D eigenvalue weighted by atomic mass is 10.3. The normalized spacial score (nSPS) is 20.9. The Balaban J connectivity index is 2.36. The molecule has 8 heavy (non-hydrogen) atoms. The molecule has 46 valence electrons. The quantitative estimate of drug-likeness (QED) is 0.492. The number of amidine groups is 1. The Morgan fingerprint density at radius 3 is 3.25 bits per heavy atom. The van der Waals surface area contributed by atoms with Gasteiger partial charge in [0.15, 0.2) is 0 Å². The van der Waals surface area contributed by atoms with Crippen LogP contribution in [0.1, 0.15) is 19.8 Å². The van der Waals surface area contributed by atoms with Crippen LogP contribution in [0.15, 0.2) is 4.99 Å². The van der Waals surface area contributed by atoms with Gasteiger partial charge in [0.2, 0.25) is 0 Å². The van der Waals surface area contributed by atoms with Gasteiger partial charge in [0, 0.05) is 13.1 Å². The molecule has 0 spiro atoms. The Kier molecular flexibility index (Phi) is 1.89. The molecule has 1 rings (SSSR count). The average molecular weight is 112 g/mol. The molecule has 0 atom stereocenters. The molecule has 2 heteroatoms. The van der Waals surface area contributed by atoms with Crippen LogP contribution in [0, 0.1) is 0 Å². The maximum Gasteiger partial charge on any atom is 0.0931 e. The van der Waals surface area contributed by atoms with Crippen molar-refractivity contribution in [3.8, 4) is 0 Å². The molecule has 0 aromatic rings. The Labute approximate surface area is 50.0 Å². The van der Waals surface area contributed by atoms with Crippen molar-refractivity contribution in [1.82, 2.24) is 5.32 Å². The summed E-state index contributed by atoms with van der Waals surface area (Å²) in [6.07, 6.45) is 2.51. The summed E-state index contributed by atoms with van der Waals surface area (Å²) < 4.78 is 0. The molecule has 1 aliphatic rings. The van der Waals surface area contributed by atoms with E-state index in [-0.39, 0.29) is 0 Å². The standard InChI is InChI=1S/C6H12N2/c1-6-7-4-2-3-5-8-6/h2-5H2,1H3,(H,7,8). The molecule has 2 nitrogen and oxygen atoms in total. The van der Waals surface area contributed by atoms with Crippen LogP contribution in [0.2, 0.25) is 0 Å². The monoisotopic (exact) mass is 112 g/mol. The van der Waals surface area contributed by atoms with Crippen molar-refractivity contribution >= 4 is 5.84 Å². The van der Waals surface area contributed by atoms with E-state index in [4.69, 9.17) is 0 Å². The SMILES string of the molecule is CC1=NCCCCN1. The predicted octanol–water partition coefficient (Wildman–Crippen LogP) is 0.788. The second-order valence-corrected chi connectivity index (χ2v) is 2.10. The van der Waals surface area contributed by atoms with Crippen LogP contribution < -0.4 is 5.32 Å². The van der Waals surface area contributed by atoms with Gasteiger partial charge in [-0.1, -0.05) is 0 Å². The maximum absolute atomic E-state index is 4.23. The number of nitrogens with one attached hydrogen (secondary N) is 1. The van der Waals surface area contributed by atoms with Gasteiger partial charge >= 0.3 is 0 Å². The number of rotatable bonds is 0. The third kappa shape index (κ3) is 1.52. The predicted molar refractivity (Wildman–Crippen MR) is 35.2 cm³/mol. The molecule has 0 aromatic carbocycles. The van der Waals surface area contributed by atoms with Crippen molar-refractivity contribution in [2.24, 2.45) is 4.99 Å². The van der Waals surface area contributed by atoms with E-state index in [9.17, 15) is 0 Å². The van der Waals surface area contributed by atoms with Crippen molar-refractivity contribution in [2.45, 2.75) is 19.8 Å². The summed E-state index contributed by atoms with van der Waals surface area (Å²) in [4.78, 5) is 4.23. The summed E-state index contributed by atoms with van der Waals surface area (Å²) in [7, 11) is 0. The van der Waals surface area contributed by atoms with Gasteiger partial charge in [-0.05, 0) is 19.8 Å². The molecule has 1 heterocycles. The molecule has 0 saturated carbocycles. The zero-order chi connectivity index (χ0) is 5.82. The lowest BCUT2D eigenvalue weighted by Gasteiger charge is -1.96. The Bertz CT molecular complexity index is 96.7. The highest BCUT2D eigenvalue weighted by molar-refractivity contribution is 5.79. The van der Waals surface area contributed by atoms with E-state index in [1.807, 2.05) is 6.92 Å². The number of hydrogen-bond donors (Lipinski definition) is 1. The fraction of sp³-hybridized carbons (Fsp3) is 0.833. The molecular formula is C6H12N2. The van der Waals surface area contributed by atoms with Crippen LogP contribution in [0.25, 0.3) is 0 Å². The van der Waals surface area contributed by atoms with E-state index in [2.05, 4.69) is 10.3 Å².